The molecule has 1 aromatic carbocycles. The van der Waals surface area contributed by atoms with Crippen LogP contribution < -0.4 is 10.1 Å². The zero-order valence-electron chi connectivity index (χ0n) is 10.9. The predicted octanol–water partition coefficient (Wildman–Crippen LogP) is 1.93. The topological polar surface area (TPSA) is 64.6 Å². The van der Waals surface area contributed by atoms with Crippen molar-refractivity contribution in [2.75, 3.05) is 13.2 Å². The molecule has 108 valence electrons. The maximum atomic E-state index is 11.6. The summed E-state index contributed by atoms with van der Waals surface area (Å²) in [5.41, 5.74) is 0. The van der Waals surface area contributed by atoms with Crippen LogP contribution in [-0.2, 0) is 14.3 Å². The van der Waals surface area contributed by atoms with Crippen molar-refractivity contribution >= 4 is 23.5 Å². The number of hydrogen-bond donors (Lipinski definition) is 1. The number of halogens is 1. The van der Waals surface area contributed by atoms with Crippen LogP contribution in [-0.4, -0.2) is 31.1 Å². The summed E-state index contributed by atoms with van der Waals surface area (Å²) in [5, 5.41) is 3.30. The average molecular weight is 298 g/mol. The third-order valence-electron chi connectivity index (χ3n) is 2.90. The molecule has 1 aliphatic rings. The first-order valence-electron chi connectivity index (χ1n) is 6.49. The smallest absolute Gasteiger partial charge is 0.328 e. The van der Waals surface area contributed by atoms with Crippen molar-refractivity contribution < 1.29 is 19.1 Å². The summed E-state index contributed by atoms with van der Waals surface area (Å²) in [6.07, 6.45) is 1.44. The highest BCUT2D eigenvalue weighted by molar-refractivity contribution is 6.30. The van der Waals surface area contributed by atoms with Crippen molar-refractivity contribution in [1.29, 1.82) is 0 Å². The van der Waals surface area contributed by atoms with E-state index < -0.39 is 6.04 Å². The van der Waals surface area contributed by atoms with E-state index in [2.05, 4.69) is 5.32 Å². The SMILES string of the molecule is O=C(CCCOc1ccc(Cl)cc1)NC1CCOC1=O. The van der Waals surface area contributed by atoms with Gasteiger partial charge in [-0.15, -0.1) is 0 Å². The van der Waals surface area contributed by atoms with Crippen molar-refractivity contribution in [2.45, 2.75) is 25.3 Å². The van der Waals surface area contributed by atoms with E-state index in [0.717, 1.165) is 0 Å². The first kappa shape index (κ1) is 14.7. The Kier molecular flexibility index (Phi) is 5.24. The van der Waals surface area contributed by atoms with Gasteiger partial charge in [0.15, 0.2) is 0 Å². The van der Waals surface area contributed by atoms with E-state index in [4.69, 9.17) is 21.1 Å². The Morgan fingerprint density at radius 2 is 2.15 bits per heavy atom. The highest BCUT2D eigenvalue weighted by Gasteiger charge is 2.27. The Labute approximate surface area is 122 Å². The monoisotopic (exact) mass is 297 g/mol. The Morgan fingerprint density at radius 3 is 2.80 bits per heavy atom. The van der Waals surface area contributed by atoms with Gasteiger partial charge in [0.05, 0.1) is 13.2 Å². The van der Waals surface area contributed by atoms with Crippen LogP contribution >= 0.6 is 11.6 Å². The molecule has 1 saturated heterocycles. The molecule has 0 aliphatic carbocycles. The summed E-state index contributed by atoms with van der Waals surface area (Å²) in [4.78, 5) is 22.8. The fourth-order valence-electron chi connectivity index (χ4n) is 1.85. The fourth-order valence-corrected chi connectivity index (χ4v) is 1.97. The number of amides is 1. The molecular weight excluding hydrogens is 282 g/mol. The van der Waals surface area contributed by atoms with Crippen LogP contribution in [0.2, 0.25) is 5.02 Å². The van der Waals surface area contributed by atoms with E-state index in [0.29, 0.717) is 43.2 Å². The van der Waals surface area contributed by atoms with Crippen molar-refractivity contribution in [2.24, 2.45) is 0 Å². The second kappa shape index (κ2) is 7.14. The molecule has 1 atom stereocenters. The van der Waals surface area contributed by atoms with Gasteiger partial charge in [-0.25, -0.2) is 4.79 Å². The molecule has 0 spiro atoms. The van der Waals surface area contributed by atoms with Gasteiger partial charge in [0.2, 0.25) is 5.91 Å². The summed E-state index contributed by atoms with van der Waals surface area (Å²) in [6.45, 7) is 0.813. The minimum absolute atomic E-state index is 0.159. The van der Waals surface area contributed by atoms with E-state index in [9.17, 15) is 9.59 Å². The molecule has 2 rings (SSSR count). The van der Waals surface area contributed by atoms with Gasteiger partial charge < -0.3 is 14.8 Å². The molecule has 0 aromatic heterocycles. The fraction of sp³-hybridized carbons (Fsp3) is 0.429. The van der Waals surface area contributed by atoms with Gasteiger partial charge in [0, 0.05) is 17.9 Å². The Hall–Kier alpha value is -1.75. The molecule has 1 fully saturated rings. The lowest BCUT2D eigenvalue weighted by Gasteiger charge is -2.09. The number of carbonyl (C=O) groups excluding carboxylic acids is 2. The van der Waals surface area contributed by atoms with E-state index in [-0.39, 0.29) is 11.9 Å². The molecule has 20 heavy (non-hydrogen) atoms. The summed E-state index contributed by atoms with van der Waals surface area (Å²) < 4.78 is 10.2. The van der Waals surface area contributed by atoms with Crippen LogP contribution in [0.1, 0.15) is 19.3 Å². The summed E-state index contributed by atoms with van der Waals surface area (Å²) in [5.74, 6) is 0.207. The first-order valence-corrected chi connectivity index (χ1v) is 6.87. The maximum absolute atomic E-state index is 11.6. The third-order valence-corrected chi connectivity index (χ3v) is 3.15. The van der Waals surface area contributed by atoms with Gasteiger partial charge >= 0.3 is 5.97 Å². The Bertz CT molecular complexity index is 475. The quantitative estimate of drug-likeness (QED) is 0.644. The lowest BCUT2D eigenvalue weighted by atomic mass is 10.2. The third kappa shape index (κ3) is 4.42. The van der Waals surface area contributed by atoms with Crippen molar-refractivity contribution in [3.63, 3.8) is 0 Å². The number of benzene rings is 1. The van der Waals surface area contributed by atoms with Gasteiger partial charge in [-0.2, -0.15) is 0 Å². The van der Waals surface area contributed by atoms with Crippen molar-refractivity contribution in [3.05, 3.63) is 29.3 Å². The van der Waals surface area contributed by atoms with Crippen LogP contribution in [0.25, 0.3) is 0 Å². The molecule has 5 nitrogen and oxygen atoms in total. The zero-order valence-corrected chi connectivity index (χ0v) is 11.7. The van der Waals surface area contributed by atoms with E-state index >= 15 is 0 Å². The number of esters is 1. The predicted molar refractivity (Wildman–Crippen MR) is 73.7 cm³/mol. The van der Waals surface area contributed by atoms with Gasteiger partial charge in [-0.05, 0) is 30.7 Å². The van der Waals surface area contributed by atoms with E-state index in [1.54, 1.807) is 24.3 Å². The average Bonchev–Trinajstić information content (AvgIpc) is 2.82. The standard InChI is InChI=1S/C14H16ClNO4/c15-10-3-5-11(6-4-10)19-8-1-2-13(17)16-12-7-9-20-14(12)18/h3-6,12H,1-2,7-9H2,(H,16,17). The van der Waals surface area contributed by atoms with Crippen molar-refractivity contribution in [1.82, 2.24) is 5.32 Å². The highest BCUT2D eigenvalue weighted by atomic mass is 35.5. The van der Waals surface area contributed by atoms with Crippen LogP contribution in [0, 0.1) is 0 Å². The largest absolute Gasteiger partial charge is 0.494 e. The summed E-state index contributed by atoms with van der Waals surface area (Å²) >= 11 is 5.76. The number of carbonyl (C=O) groups is 2. The van der Waals surface area contributed by atoms with E-state index in [1.165, 1.54) is 0 Å². The minimum Gasteiger partial charge on any atom is -0.494 e. The number of ether oxygens (including phenoxy) is 2. The molecule has 6 heteroatoms. The summed E-state index contributed by atoms with van der Waals surface area (Å²) in [6, 6.07) is 6.55. The second-order valence-electron chi connectivity index (χ2n) is 4.48. The Balaban J connectivity index is 1.62. The molecule has 1 heterocycles. The zero-order chi connectivity index (χ0) is 14.4. The molecular formula is C14H16ClNO4. The molecule has 1 unspecified atom stereocenters. The molecule has 1 amide bonds. The van der Waals surface area contributed by atoms with Gasteiger partial charge in [0.25, 0.3) is 0 Å². The number of hydrogen-bond acceptors (Lipinski definition) is 4. The second-order valence-corrected chi connectivity index (χ2v) is 4.92. The highest BCUT2D eigenvalue weighted by Crippen LogP contribution is 2.15. The Morgan fingerprint density at radius 1 is 1.40 bits per heavy atom. The van der Waals surface area contributed by atoms with Crippen LogP contribution in [0.5, 0.6) is 5.75 Å². The van der Waals surface area contributed by atoms with Crippen LogP contribution in [0.15, 0.2) is 24.3 Å². The van der Waals surface area contributed by atoms with Gasteiger partial charge in [-0.1, -0.05) is 11.6 Å². The molecule has 1 N–H and O–H groups in total. The lowest BCUT2D eigenvalue weighted by Crippen LogP contribution is -2.37. The van der Waals surface area contributed by atoms with Crippen LogP contribution in [0.3, 0.4) is 0 Å². The molecule has 0 radical (unpaired) electrons. The first-order chi connectivity index (χ1) is 9.65. The van der Waals surface area contributed by atoms with Crippen LogP contribution in [0.4, 0.5) is 0 Å². The number of cyclic esters (lactones) is 1. The normalized spacial score (nSPS) is 17.6. The van der Waals surface area contributed by atoms with Gasteiger partial charge in [-0.3, -0.25) is 4.79 Å². The lowest BCUT2D eigenvalue weighted by molar-refractivity contribution is -0.141. The minimum atomic E-state index is -0.486. The number of rotatable bonds is 6. The van der Waals surface area contributed by atoms with Crippen molar-refractivity contribution in [3.8, 4) is 5.75 Å². The number of nitrogens with one attached hydrogen (secondary N) is 1. The maximum Gasteiger partial charge on any atom is 0.328 e. The molecule has 1 aromatic rings. The summed E-state index contributed by atoms with van der Waals surface area (Å²) in [7, 11) is 0. The molecule has 0 saturated carbocycles. The molecule has 0 bridgehead atoms. The molecule has 1 aliphatic heterocycles. The van der Waals surface area contributed by atoms with E-state index in [1.807, 2.05) is 0 Å². The van der Waals surface area contributed by atoms with Gasteiger partial charge in [0.1, 0.15) is 11.8 Å².